The normalized spacial score (nSPS) is 12.8. The van der Waals surface area contributed by atoms with Crippen molar-refractivity contribution in [3.8, 4) is 77.9 Å². The second-order valence-electron chi connectivity index (χ2n) is 14.0. The Hall–Kier alpha value is -6.64. The Morgan fingerprint density at radius 2 is 0.620 bits per heavy atom. The summed E-state index contributed by atoms with van der Waals surface area (Å²) in [7, 11) is 0. The molecule has 0 saturated carbocycles. The van der Waals surface area contributed by atoms with Gasteiger partial charge in [-0.25, -0.2) is 0 Å². The highest BCUT2D eigenvalue weighted by Gasteiger charge is 2.28. The molecule has 0 saturated heterocycles. The third-order valence-electron chi connectivity index (χ3n) is 11.9. The predicted molar refractivity (Wildman–Crippen MR) is 208 cm³/mol. The quantitative estimate of drug-likeness (QED) is 0.178. The van der Waals surface area contributed by atoms with E-state index in [0.717, 1.165) is 0 Å². The second kappa shape index (κ2) is 8.68. The van der Waals surface area contributed by atoms with Gasteiger partial charge in [-0.1, -0.05) is 109 Å². The number of nitrogens with zero attached hydrogens (tertiary/aromatic N) is 2. The molecule has 0 bridgehead atoms. The Morgan fingerprint density at radius 1 is 0.240 bits per heavy atom. The average Bonchev–Trinajstić information content (AvgIpc) is 3.82. The van der Waals surface area contributed by atoms with E-state index in [4.69, 9.17) is 0 Å². The topological polar surface area (TPSA) is 25.8 Å². The minimum Gasteiger partial charge on any atom is -0.264 e. The molecule has 50 heavy (non-hydrogen) atoms. The summed E-state index contributed by atoms with van der Waals surface area (Å²) in [6.45, 7) is 0. The number of aromatic nitrogens is 2. The molecule has 2 heterocycles. The van der Waals surface area contributed by atoms with Crippen LogP contribution in [0.25, 0.3) is 132 Å². The first-order valence-electron chi connectivity index (χ1n) is 17.3. The van der Waals surface area contributed by atoms with Crippen LogP contribution in [-0.2, 0) is 0 Å². The van der Waals surface area contributed by atoms with Gasteiger partial charge >= 0.3 is 0 Å². The van der Waals surface area contributed by atoms with E-state index in [9.17, 15) is 0 Å². The third-order valence-corrected chi connectivity index (χ3v) is 11.9. The van der Waals surface area contributed by atoms with Crippen LogP contribution in [0.5, 0.6) is 0 Å². The smallest absolute Gasteiger partial charge is 0.0352 e. The van der Waals surface area contributed by atoms with Gasteiger partial charge in [-0.3, -0.25) is 9.97 Å². The molecule has 10 aromatic rings. The molecule has 13 rings (SSSR count). The van der Waals surface area contributed by atoms with Crippen molar-refractivity contribution in [2.45, 2.75) is 0 Å². The van der Waals surface area contributed by atoms with E-state index in [0.29, 0.717) is 0 Å². The van der Waals surface area contributed by atoms with Gasteiger partial charge in [-0.15, -0.1) is 0 Å². The van der Waals surface area contributed by atoms with Crippen LogP contribution in [0.2, 0.25) is 0 Å². The van der Waals surface area contributed by atoms with Gasteiger partial charge in [0.2, 0.25) is 0 Å². The SMILES string of the molecule is c1cc2c3c(ccc(-c4ccc5c6c4ccc4ccc7c(-c8ccc9c%10c(cccc8%10)-c8ccncc8-9)ccc-5c7c46)c3c1)-c1cnccc1-2. The van der Waals surface area contributed by atoms with Crippen LogP contribution in [0.15, 0.2) is 146 Å². The maximum Gasteiger partial charge on any atom is 0.0352 e. The molecule has 226 valence electrons. The number of hydrogen-bond donors (Lipinski definition) is 0. The molecule has 2 aromatic heterocycles. The van der Waals surface area contributed by atoms with Crippen LogP contribution < -0.4 is 0 Å². The highest BCUT2D eigenvalue weighted by molar-refractivity contribution is 6.36. The number of hydrogen-bond acceptors (Lipinski definition) is 2. The van der Waals surface area contributed by atoms with Crippen LogP contribution in [0, 0.1) is 0 Å². The lowest BCUT2D eigenvalue weighted by Crippen LogP contribution is -1.87. The van der Waals surface area contributed by atoms with Crippen LogP contribution in [0.1, 0.15) is 0 Å². The molecule has 2 nitrogen and oxygen atoms in total. The highest BCUT2D eigenvalue weighted by Crippen LogP contribution is 2.55. The Balaban J connectivity index is 1.07. The van der Waals surface area contributed by atoms with Gasteiger partial charge in [-0.2, -0.15) is 0 Å². The van der Waals surface area contributed by atoms with E-state index in [-0.39, 0.29) is 0 Å². The van der Waals surface area contributed by atoms with E-state index in [2.05, 4.69) is 131 Å². The molecule has 0 aliphatic heterocycles. The van der Waals surface area contributed by atoms with Gasteiger partial charge < -0.3 is 0 Å². The first-order chi connectivity index (χ1) is 24.8. The molecular weight excluding hydrogens is 605 g/mol. The summed E-state index contributed by atoms with van der Waals surface area (Å²) in [4.78, 5) is 8.93. The van der Waals surface area contributed by atoms with E-state index in [1.165, 1.54) is 132 Å². The van der Waals surface area contributed by atoms with Crippen molar-refractivity contribution in [2.24, 2.45) is 0 Å². The maximum absolute atomic E-state index is 4.47. The molecule has 0 atom stereocenters. The number of fused-ring (bicyclic) bond motifs is 7. The van der Waals surface area contributed by atoms with Crippen molar-refractivity contribution in [1.82, 2.24) is 9.97 Å². The molecule has 3 aliphatic rings. The fourth-order valence-electron chi connectivity index (χ4n) is 9.89. The molecule has 8 aromatic carbocycles. The molecule has 0 radical (unpaired) electrons. The largest absolute Gasteiger partial charge is 0.264 e. The van der Waals surface area contributed by atoms with Gasteiger partial charge in [0.15, 0.2) is 0 Å². The zero-order chi connectivity index (χ0) is 32.2. The van der Waals surface area contributed by atoms with E-state index >= 15 is 0 Å². The lowest BCUT2D eigenvalue weighted by atomic mass is 9.89. The minimum absolute atomic E-state index is 1.23. The Kier molecular flexibility index (Phi) is 4.41. The summed E-state index contributed by atoms with van der Waals surface area (Å²) in [5.41, 5.74) is 18.0. The van der Waals surface area contributed by atoms with Crippen LogP contribution in [-0.4, -0.2) is 9.97 Å². The van der Waals surface area contributed by atoms with Gasteiger partial charge in [-0.05, 0) is 133 Å². The summed E-state index contributed by atoms with van der Waals surface area (Å²) in [6.07, 6.45) is 7.84. The van der Waals surface area contributed by atoms with Crippen molar-refractivity contribution in [3.05, 3.63) is 146 Å². The first-order valence-corrected chi connectivity index (χ1v) is 17.3. The standard InChI is InChI=1S/C48H24N2/c1-3-32-26(13-17-40-42-23-49-21-19-30(42)34(5-1)45(32)40)28-11-15-38-39-16-12-29(37-10-8-25-7-9-36(28)47(38)44(25)48(37)39)27-14-18-41-43-24-50-22-20-31(43)35-6-2-4-33(27)46(35)41/h1-24H. The Bertz CT molecular complexity index is 2980. The summed E-state index contributed by atoms with van der Waals surface area (Å²) in [5.74, 6) is 0. The molecule has 0 spiro atoms. The summed E-state index contributed by atoms with van der Waals surface area (Å²) < 4.78 is 0. The van der Waals surface area contributed by atoms with Crippen LogP contribution in [0.4, 0.5) is 0 Å². The highest BCUT2D eigenvalue weighted by atomic mass is 14.6. The molecule has 2 heteroatoms. The monoisotopic (exact) mass is 628 g/mol. The second-order valence-corrected chi connectivity index (χ2v) is 14.0. The Morgan fingerprint density at radius 3 is 1.08 bits per heavy atom. The van der Waals surface area contributed by atoms with Crippen molar-refractivity contribution in [2.75, 3.05) is 0 Å². The molecule has 0 N–H and O–H groups in total. The third kappa shape index (κ3) is 2.86. The lowest BCUT2D eigenvalue weighted by Gasteiger charge is -2.14. The zero-order valence-electron chi connectivity index (χ0n) is 26.8. The summed E-state index contributed by atoms with van der Waals surface area (Å²) in [5, 5.41) is 13.3. The Labute approximate surface area is 286 Å². The number of pyridine rings is 2. The number of benzene rings is 8. The molecule has 3 aliphatic carbocycles. The van der Waals surface area contributed by atoms with Crippen LogP contribution >= 0.6 is 0 Å². The maximum atomic E-state index is 4.47. The van der Waals surface area contributed by atoms with Gasteiger partial charge in [0.25, 0.3) is 0 Å². The van der Waals surface area contributed by atoms with Gasteiger partial charge in [0.1, 0.15) is 0 Å². The van der Waals surface area contributed by atoms with E-state index in [1.54, 1.807) is 0 Å². The fourth-order valence-corrected chi connectivity index (χ4v) is 9.89. The number of rotatable bonds is 2. The molecule has 0 amide bonds. The van der Waals surface area contributed by atoms with Crippen LogP contribution in [0.3, 0.4) is 0 Å². The van der Waals surface area contributed by atoms with Crippen molar-refractivity contribution in [3.63, 3.8) is 0 Å². The van der Waals surface area contributed by atoms with E-state index in [1.807, 2.05) is 24.8 Å². The van der Waals surface area contributed by atoms with E-state index < -0.39 is 0 Å². The molecule has 0 unspecified atom stereocenters. The van der Waals surface area contributed by atoms with Crippen molar-refractivity contribution >= 4 is 53.9 Å². The van der Waals surface area contributed by atoms with Gasteiger partial charge in [0, 0.05) is 35.9 Å². The minimum atomic E-state index is 1.23. The predicted octanol–water partition coefficient (Wildman–Crippen LogP) is 12.9. The summed E-state index contributed by atoms with van der Waals surface area (Å²) in [6, 6.07) is 45.9. The molecule has 0 fully saturated rings. The van der Waals surface area contributed by atoms with Crippen molar-refractivity contribution in [1.29, 1.82) is 0 Å². The zero-order valence-corrected chi connectivity index (χ0v) is 26.8. The van der Waals surface area contributed by atoms with Gasteiger partial charge in [0.05, 0.1) is 0 Å². The fraction of sp³-hybridized carbons (Fsp3) is 0. The lowest BCUT2D eigenvalue weighted by molar-refractivity contribution is 1.34. The molecular formula is C48H24N2. The first kappa shape index (κ1) is 25.4. The summed E-state index contributed by atoms with van der Waals surface area (Å²) >= 11 is 0. The average molecular weight is 629 g/mol. The van der Waals surface area contributed by atoms with Crippen molar-refractivity contribution < 1.29 is 0 Å².